The van der Waals surface area contributed by atoms with E-state index in [1.807, 2.05) is 18.2 Å². The number of thiazole rings is 1. The molecule has 1 unspecified atom stereocenters. The molecule has 0 amide bonds. The fraction of sp³-hybridized carbons (Fsp3) is 0.417. The van der Waals surface area contributed by atoms with E-state index in [0.717, 1.165) is 33.3 Å². The molecule has 0 aliphatic carbocycles. The molecule has 1 atom stereocenters. The molecule has 0 saturated carbocycles. The molecule has 1 aromatic heterocycles. The zero-order chi connectivity index (χ0) is 12.3. The van der Waals surface area contributed by atoms with Gasteiger partial charge in [-0.1, -0.05) is 18.7 Å². The summed E-state index contributed by atoms with van der Waals surface area (Å²) in [5, 5.41) is 0.521. The van der Waals surface area contributed by atoms with Crippen molar-refractivity contribution in [3.63, 3.8) is 0 Å². The summed E-state index contributed by atoms with van der Waals surface area (Å²) in [6.45, 7) is 3.00. The largest absolute Gasteiger partial charge is 0.399 e. The first-order valence-corrected chi connectivity index (χ1v) is 7.20. The summed E-state index contributed by atoms with van der Waals surface area (Å²) in [5.74, 6) is 0. The highest BCUT2D eigenvalue weighted by molar-refractivity contribution is 8.01. The van der Waals surface area contributed by atoms with Crippen LogP contribution in [-0.2, 0) is 4.74 Å². The second-order valence-electron chi connectivity index (χ2n) is 3.92. The third kappa shape index (κ3) is 3.34. The zero-order valence-corrected chi connectivity index (χ0v) is 11.6. The first-order valence-electron chi connectivity index (χ1n) is 5.50. The van der Waals surface area contributed by atoms with Gasteiger partial charge in [0.2, 0.25) is 0 Å². The van der Waals surface area contributed by atoms with Crippen molar-refractivity contribution < 1.29 is 4.74 Å². The van der Waals surface area contributed by atoms with Gasteiger partial charge in [0.1, 0.15) is 0 Å². The number of aromatic nitrogens is 1. The van der Waals surface area contributed by atoms with E-state index in [1.54, 1.807) is 30.2 Å². The molecule has 0 spiro atoms. The summed E-state index contributed by atoms with van der Waals surface area (Å²) in [5.41, 5.74) is 7.59. The van der Waals surface area contributed by atoms with Crippen LogP contribution >= 0.6 is 23.1 Å². The molecular formula is C12H16N2OS2. The number of nitrogens with two attached hydrogens (primary N) is 1. The van der Waals surface area contributed by atoms with Gasteiger partial charge in [-0.15, -0.1) is 11.3 Å². The second kappa shape index (κ2) is 5.71. The molecule has 0 aliphatic rings. The Morgan fingerprint density at radius 2 is 2.35 bits per heavy atom. The minimum absolute atomic E-state index is 0.521. The van der Waals surface area contributed by atoms with Crippen LogP contribution in [0.5, 0.6) is 0 Å². The van der Waals surface area contributed by atoms with Crippen LogP contribution in [0.4, 0.5) is 5.69 Å². The third-order valence-corrected chi connectivity index (χ3v) is 4.71. The summed E-state index contributed by atoms with van der Waals surface area (Å²) >= 11 is 3.51. The van der Waals surface area contributed by atoms with E-state index in [2.05, 4.69) is 11.9 Å². The Balaban J connectivity index is 2.08. The number of anilines is 1. The third-order valence-electron chi connectivity index (χ3n) is 2.42. The molecule has 0 aliphatic heterocycles. The molecule has 17 heavy (non-hydrogen) atoms. The van der Waals surface area contributed by atoms with E-state index >= 15 is 0 Å². The number of methoxy groups -OCH3 is 1. The fourth-order valence-electron chi connectivity index (χ4n) is 1.49. The van der Waals surface area contributed by atoms with Crippen LogP contribution in [0.15, 0.2) is 22.5 Å². The van der Waals surface area contributed by atoms with Crippen LogP contribution in [0.2, 0.25) is 0 Å². The van der Waals surface area contributed by atoms with E-state index in [4.69, 9.17) is 10.5 Å². The molecule has 0 bridgehead atoms. The lowest BCUT2D eigenvalue weighted by Gasteiger charge is -2.07. The van der Waals surface area contributed by atoms with Gasteiger partial charge in [-0.3, -0.25) is 0 Å². The topological polar surface area (TPSA) is 48.1 Å². The Morgan fingerprint density at radius 3 is 3.12 bits per heavy atom. The van der Waals surface area contributed by atoms with Crippen molar-refractivity contribution in [1.82, 2.24) is 4.98 Å². The van der Waals surface area contributed by atoms with E-state index in [0.29, 0.717) is 5.25 Å². The zero-order valence-electron chi connectivity index (χ0n) is 9.97. The summed E-state index contributed by atoms with van der Waals surface area (Å²) < 4.78 is 7.34. The van der Waals surface area contributed by atoms with Crippen molar-refractivity contribution in [2.75, 3.05) is 19.5 Å². The Morgan fingerprint density at radius 1 is 1.53 bits per heavy atom. The number of hydrogen-bond donors (Lipinski definition) is 1. The number of rotatable bonds is 5. The molecule has 5 heteroatoms. The Kier molecular flexibility index (Phi) is 4.25. The number of hydrogen-bond acceptors (Lipinski definition) is 5. The van der Waals surface area contributed by atoms with Gasteiger partial charge in [-0.25, -0.2) is 4.98 Å². The molecule has 2 N–H and O–H groups in total. The average molecular weight is 268 g/mol. The standard InChI is InChI=1S/C12H16N2OS2/c1-8(5-6-15-2)16-12-14-10-4-3-9(13)7-11(10)17-12/h3-4,7-8H,5-6,13H2,1-2H3. The van der Waals surface area contributed by atoms with Gasteiger partial charge < -0.3 is 10.5 Å². The van der Waals surface area contributed by atoms with Gasteiger partial charge in [0.05, 0.1) is 10.2 Å². The summed E-state index contributed by atoms with van der Waals surface area (Å²) in [4.78, 5) is 4.59. The Labute approximate surface area is 109 Å². The number of benzene rings is 1. The molecule has 2 aromatic rings. The minimum Gasteiger partial charge on any atom is -0.399 e. The fourth-order valence-corrected chi connectivity index (χ4v) is 3.89. The normalized spacial score (nSPS) is 13.1. The van der Waals surface area contributed by atoms with E-state index in [1.165, 1.54) is 0 Å². The molecule has 2 rings (SSSR count). The van der Waals surface area contributed by atoms with Crippen molar-refractivity contribution in [3.8, 4) is 0 Å². The first-order chi connectivity index (χ1) is 8.19. The highest BCUT2D eigenvalue weighted by Crippen LogP contribution is 2.33. The number of thioether (sulfide) groups is 1. The quantitative estimate of drug-likeness (QED) is 0.667. The van der Waals surface area contributed by atoms with E-state index in [9.17, 15) is 0 Å². The lowest BCUT2D eigenvalue weighted by molar-refractivity contribution is 0.195. The highest BCUT2D eigenvalue weighted by atomic mass is 32.2. The molecule has 92 valence electrons. The van der Waals surface area contributed by atoms with Crippen LogP contribution in [0, 0.1) is 0 Å². The smallest absolute Gasteiger partial charge is 0.151 e. The second-order valence-corrected chi connectivity index (χ2v) is 6.63. The minimum atomic E-state index is 0.521. The van der Waals surface area contributed by atoms with Gasteiger partial charge >= 0.3 is 0 Å². The Hall–Kier alpha value is -0.780. The number of fused-ring (bicyclic) bond motifs is 1. The lowest BCUT2D eigenvalue weighted by atomic mass is 10.3. The summed E-state index contributed by atoms with van der Waals surface area (Å²) in [6, 6.07) is 5.85. The molecule has 1 aromatic carbocycles. The van der Waals surface area contributed by atoms with Crippen LogP contribution in [0.25, 0.3) is 10.2 Å². The highest BCUT2D eigenvalue weighted by Gasteiger charge is 2.09. The van der Waals surface area contributed by atoms with Crippen molar-refractivity contribution >= 4 is 39.0 Å². The van der Waals surface area contributed by atoms with Crippen molar-refractivity contribution in [3.05, 3.63) is 18.2 Å². The van der Waals surface area contributed by atoms with Crippen molar-refractivity contribution in [2.24, 2.45) is 0 Å². The van der Waals surface area contributed by atoms with Gasteiger partial charge in [-0.2, -0.15) is 0 Å². The first kappa shape index (κ1) is 12.7. The van der Waals surface area contributed by atoms with Crippen LogP contribution < -0.4 is 5.73 Å². The predicted octanol–water partition coefficient (Wildman–Crippen LogP) is 3.40. The Bertz CT molecular complexity index is 498. The van der Waals surface area contributed by atoms with Crippen molar-refractivity contribution in [2.45, 2.75) is 22.9 Å². The molecular weight excluding hydrogens is 252 g/mol. The van der Waals surface area contributed by atoms with Crippen LogP contribution in [-0.4, -0.2) is 24.0 Å². The van der Waals surface area contributed by atoms with Crippen LogP contribution in [0.1, 0.15) is 13.3 Å². The number of ether oxygens (including phenoxy) is 1. The van der Waals surface area contributed by atoms with Crippen LogP contribution in [0.3, 0.4) is 0 Å². The maximum atomic E-state index is 5.76. The van der Waals surface area contributed by atoms with Crippen molar-refractivity contribution in [1.29, 1.82) is 0 Å². The SMILES string of the molecule is COCCC(C)Sc1nc2ccc(N)cc2s1. The predicted molar refractivity (Wildman–Crippen MR) is 75.8 cm³/mol. The van der Waals surface area contributed by atoms with Gasteiger partial charge in [0.15, 0.2) is 4.34 Å². The van der Waals surface area contributed by atoms with E-state index in [-0.39, 0.29) is 0 Å². The molecule has 3 nitrogen and oxygen atoms in total. The summed E-state index contributed by atoms with van der Waals surface area (Å²) in [7, 11) is 1.73. The average Bonchev–Trinajstić information content (AvgIpc) is 2.67. The number of nitrogen functional groups attached to an aromatic ring is 1. The van der Waals surface area contributed by atoms with Gasteiger partial charge in [0, 0.05) is 24.7 Å². The molecule has 0 radical (unpaired) electrons. The maximum Gasteiger partial charge on any atom is 0.151 e. The molecule has 1 heterocycles. The molecule has 0 fully saturated rings. The van der Waals surface area contributed by atoms with Gasteiger partial charge in [-0.05, 0) is 24.6 Å². The summed E-state index contributed by atoms with van der Waals surface area (Å²) in [6.07, 6.45) is 1.04. The van der Waals surface area contributed by atoms with E-state index < -0.39 is 0 Å². The molecule has 0 saturated heterocycles. The monoisotopic (exact) mass is 268 g/mol. The lowest BCUT2D eigenvalue weighted by Crippen LogP contribution is -2.00. The number of nitrogens with zero attached hydrogens (tertiary/aromatic N) is 1. The maximum absolute atomic E-state index is 5.76. The van der Waals surface area contributed by atoms with Gasteiger partial charge in [0.25, 0.3) is 0 Å².